The summed E-state index contributed by atoms with van der Waals surface area (Å²) in [6.45, 7) is 5.89. The van der Waals surface area contributed by atoms with Gasteiger partial charge in [-0.2, -0.15) is 0 Å². The van der Waals surface area contributed by atoms with Gasteiger partial charge in [-0.25, -0.2) is 19.0 Å². The van der Waals surface area contributed by atoms with Crippen LogP contribution in [0.3, 0.4) is 0 Å². The predicted octanol–water partition coefficient (Wildman–Crippen LogP) is 1.83. The molecule has 3 fully saturated rings. The van der Waals surface area contributed by atoms with Gasteiger partial charge in [-0.15, -0.1) is 0 Å². The van der Waals surface area contributed by atoms with Crippen molar-refractivity contribution in [2.45, 2.75) is 63.4 Å². The van der Waals surface area contributed by atoms with Gasteiger partial charge in [0.05, 0.1) is 18.0 Å². The molecule has 0 bridgehead atoms. The van der Waals surface area contributed by atoms with E-state index in [0.29, 0.717) is 13.0 Å². The van der Waals surface area contributed by atoms with Crippen molar-refractivity contribution in [3.8, 4) is 0 Å². The maximum absolute atomic E-state index is 15.4. The fourth-order valence-corrected chi connectivity index (χ4v) is 5.14. The van der Waals surface area contributed by atoms with Crippen LogP contribution in [0.15, 0.2) is 17.1 Å². The molecular weight excluding hydrogens is 459 g/mol. The molecule has 2 aromatic rings. The molecular formula is C24H29FN4O6. The molecule has 10 nitrogen and oxygen atoms in total. The Morgan fingerprint density at radius 3 is 2.69 bits per heavy atom. The number of pyridine rings is 2. The number of rotatable bonds is 5. The number of esters is 1. The topological polar surface area (TPSA) is 137 Å². The first kappa shape index (κ1) is 23.7. The Hall–Kier alpha value is -3.05. The number of hydrogen-bond donors (Lipinski definition) is 2. The summed E-state index contributed by atoms with van der Waals surface area (Å²) in [5.41, 5.74) is 2.81. The van der Waals surface area contributed by atoms with Crippen LogP contribution in [-0.4, -0.2) is 63.5 Å². The molecule has 0 spiro atoms. The summed E-state index contributed by atoms with van der Waals surface area (Å²) in [6.07, 6.45) is 3.13. The number of halogens is 1. The Kier molecular flexibility index (Phi) is 5.41. The third-order valence-electron chi connectivity index (χ3n) is 6.87. The van der Waals surface area contributed by atoms with E-state index in [9.17, 15) is 19.5 Å². The van der Waals surface area contributed by atoms with E-state index in [2.05, 4.69) is 4.98 Å². The van der Waals surface area contributed by atoms with Crippen molar-refractivity contribution >= 4 is 28.8 Å². The molecule has 3 N–H and O–H groups in total. The smallest absolute Gasteiger partial charge is 0.341 e. The number of carboxylic acids is 1. The summed E-state index contributed by atoms with van der Waals surface area (Å²) >= 11 is 0. The first-order valence-corrected chi connectivity index (χ1v) is 11.8. The minimum atomic E-state index is -1.37. The van der Waals surface area contributed by atoms with Gasteiger partial charge >= 0.3 is 11.9 Å². The molecule has 3 aliphatic rings. The van der Waals surface area contributed by atoms with Gasteiger partial charge in [0.15, 0.2) is 17.2 Å². The third-order valence-corrected chi connectivity index (χ3v) is 6.87. The summed E-state index contributed by atoms with van der Waals surface area (Å²) in [4.78, 5) is 43.7. The highest BCUT2D eigenvalue weighted by molar-refractivity contribution is 5.92. The number of nitrogens with two attached hydrogens (primary N) is 1. The van der Waals surface area contributed by atoms with Crippen LogP contribution in [0.5, 0.6) is 0 Å². The standard InChI is InChI=1S/C24H29FN4O6/c1-23(2,3)35-22(33)24-11-28(9-12(24)6-14(8-26)34-24)20-17(25)7-15-18(30)16(21(31)32)10-29(13-4-5-13)19(15)27-20/h7,10,12-14H,4-6,8-9,11,26H2,1-3H3,(H,31,32). The lowest BCUT2D eigenvalue weighted by Crippen LogP contribution is -2.49. The van der Waals surface area contributed by atoms with Crippen molar-refractivity contribution in [3.63, 3.8) is 0 Å². The van der Waals surface area contributed by atoms with Crippen molar-refractivity contribution in [1.29, 1.82) is 0 Å². The minimum Gasteiger partial charge on any atom is -0.477 e. The number of aromatic carboxylic acids is 1. The third kappa shape index (κ3) is 3.96. The van der Waals surface area contributed by atoms with Crippen LogP contribution in [0.2, 0.25) is 0 Å². The highest BCUT2D eigenvalue weighted by atomic mass is 19.1. The van der Waals surface area contributed by atoms with E-state index in [1.54, 1.807) is 30.2 Å². The van der Waals surface area contributed by atoms with E-state index in [1.165, 1.54) is 6.20 Å². The number of nitrogens with zero attached hydrogens (tertiary/aromatic N) is 3. The van der Waals surface area contributed by atoms with Crippen LogP contribution in [-0.2, 0) is 14.3 Å². The molecule has 4 heterocycles. The monoisotopic (exact) mass is 488 g/mol. The van der Waals surface area contributed by atoms with Gasteiger partial charge in [0.1, 0.15) is 16.8 Å². The molecule has 3 unspecified atom stereocenters. The molecule has 35 heavy (non-hydrogen) atoms. The second-order valence-corrected chi connectivity index (χ2v) is 10.7. The SMILES string of the molecule is CC(C)(C)OC(=O)C12CN(c3nc4c(cc3F)c(=O)c(C(=O)O)cn4C3CC3)CC1CC(CN)O2. The number of hydrogen-bond acceptors (Lipinski definition) is 8. The van der Waals surface area contributed by atoms with Gasteiger partial charge in [-0.1, -0.05) is 0 Å². The number of carbonyl (C=O) groups is 2. The number of aromatic nitrogens is 2. The molecule has 2 saturated heterocycles. The minimum absolute atomic E-state index is 0.00159. The first-order chi connectivity index (χ1) is 16.4. The Bertz CT molecular complexity index is 1280. The average molecular weight is 489 g/mol. The number of ether oxygens (including phenoxy) is 2. The van der Waals surface area contributed by atoms with Gasteiger partial charge in [-0.3, -0.25) is 4.79 Å². The molecule has 1 aliphatic carbocycles. The number of fused-ring (bicyclic) bond motifs is 2. The second-order valence-electron chi connectivity index (χ2n) is 10.7. The van der Waals surface area contributed by atoms with Crippen molar-refractivity contribution in [2.24, 2.45) is 11.7 Å². The van der Waals surface area contributed by atoms with Crippen LogP contribution in [0.4, 0.5) is 10.2 Å². The van der Waals surface area contributed by atoms with Gasteiger partial charge in [0.2, 0.25) is 5.43 Å². The Morgan fingerprint density at radius 1 is 1.37 bits per heavy atom. The number of carbonyl (C=O) groups excluding carboxylic acids is 1. The summed E-state index contributed by atoms with van der Waals surface area (Å²) in [6, 6.07) is 1.05. The fraction of sp³-hybridized carbons (Fsp3) is 0.583. The average Bonchev–Trinajstić information content (AvgIpc) is 3.44. The lowest BCUT2D eigenvalue weighted by atomic mass is 9.90. The van der Waals surface area contributed by atoms with Crippen molar-refractivity contribution in [3.05, 3.63) is 33.9 Å². The van der Waals surface area contributed by atoms with Crippen molar-refractivity contribution < 1.29 is 28.6 Å². The fourth-order valence-electron chi connectivity index (χ4n) is 5.14. The Labute approximate surface area is 200 Å². The van der Waals surface area contributed by atoms with Crippen LogP contribution in [0.1, 0.15) is 56.4 Å². The van der Waals surface area contributed by atoms with E-state index in [-0.39, 0.29) is 48.0 Å². The van der Waals surface area contributed by atoms with Crippen LogP contribution >= 0.6 is 0 Å². The molecule has 0 amide bonds. The molecule has 11 heteroatoms. The summed E-state index contributed by atoms with van der Waals surface area (Å²) < 4.78 is 28.8. The van der Waals surface area contributed by atoms with E-state index < -0.39 is 40.0 Å². The van der Waals surface area contributed by atoms with Crippen LogP contribution in [0.25, 0.3) is 11.0 Å². The quantitative estimate of drug-likeness (QED) is 0.604. The van der Waals surface area contributed by atoms with E-state index >= 15 is 4.39 Å². The number of carboxylic acid groups (broad SMARTS) is 1. The lowest BCUT2D eigenvalue weighted by molar-refractivity contribution is -0.181. The molecule has 2 aliphatic heterocycles. The first-order valence-electron chi connectivity index (χ1n) is 11.8. The zero-order valence-corrected chi connectivity index (χ0v) is 19.9. The maximum atomic E-state index is 15.4. The van der Waals surface area contributed by atoms with Crippen LogP contribution < -0.4 is 16.1 Å². The van der Waals surface area contributed by atoms with E-state index in [1.807, 2.05) is 0 Å². The highest BCUT2D eigenvalue weighted by Gasteiger charge is 2.61. The Morgan fingerprint density at radius 2 is 2.09 bits per heavy atom. The summed E-state index contributed by atoms with van der Waals surface area (Å²) in [5, 5.41) is 9.36. The molecule has 188 valence electrons. The van der Waals surface area contributed by atoms with Crippen molar-refractivity contribution in [1.82, 2.24) is 9.55 Å². The highest BCUT2D eigenvalue weighted by Crippen LogP contribution is 2.45. The van der Waals surface area contributed by atoms with Crippen molar-refractivity contribution in [2.75, 3.05) is 24.5 Å². The zero-order valence-electron chi connectivity index (χ0n) is 19.9. The van der Waals surface area contributed by atoms with Gasteiger partial charge in [-0.05, 0) is 46.1 Å². The molecule has 2 aromatic heterocycles. The van der Waals surface area contributed by atoms with Gasteiger partial charge in [0.25, 0.3) is 0 Å². The number of anilines is 1. The Balaban J connectivity index is 1.57. The van der Waals surface area contributed by atoms with E-state index in [0.717, 1.165) is 18.9 Å². The van der Waals surface area contributed by atoms with Crippen LogP contribution in [0, 0.1) is 11.7 Å². The molecule has 1 saturated carbocycles. The molecule has 0 aromatic carbocycles. The van der Waals surface area contributed by atoms with Gasteiger partial charge in [0, 0.05) is 31.2 Å². The van der Waals surface area contributed by atoms with Gasteiger partial charge < -0.3 is 29.8 Å². The zero-order chi connectivity index (χ0) is 25.3. The lowest BCUT2D eigenvalue weighted by Gasteiger charge is -2.31. The second kappa shape index (κ2) is 7.99. The molecule has 5 rings (SSSR count). The largest absolute Gasteiger partial charge is 0.477 e. The summed E-state index contributed by atoms with van der Waals surface area (Å²) in [7, 11) is 0. The normalized spacial score (nSPS) is 26.3. The predicted molar refractivity (Wildman–Crippen MR) is 124 cm³/mol. The maximum Gasteiger partial charge on any atom is 0.341 e. The molecule has 0 radical (unpaired) electrons. The summed E-state index contributed by atoms with van der Waals surface area (Å²) in [5.74, 6) is -2.94. The van der Waals surface area contributed by atoms with E-state index in [4.69, 9.17) is 15.2 Å². The molecule has 3 atom stereocenters.